The molecule has 0 spiro atoms. The molecule has 1 saturated heterocycles. The van der Waals surface area contributed by atoms with Crippen molar-refractivity contribution in [3.05, 3.63) is 39.5 Å². The molecule has 2 aromatic heterocycles. The highest BCUT2D eigenvalue weighted by atomic mass is 32.1. The van der Waals surface area contributed by atoms with Crippen molar-refractivity contribution in [2.45, 2.75) is 20.5 Å². The van der Waals surface area contributed by atoms with Crippen LogP contribution in [-0.2, 0) is 11.3 Å². The zero-order chi connectivity index (χ0) is 17.1. The first kappa shape index (κ1) is 16.9. The number of carbonyl (C=O) groups is 1. The first-order valence-electron chi connectivity index (χ1n) is 8.01. The molecule has 0 bridgehead atoms. The Bertz CT molecular complexity index is 723. The van der Waals surface area contributed by atoms with Crippen LogP contribution < -0.4 is 4.90 Å². The Morgan fingerprint density at radius 1 is 1.21 bits per heavy atom. The molecule has 0 unspecified atom stereocenters. The van der Waals surface area contributed by atoms with E-state index in [1.807, 2.05) is 36.9 Å². The normalized spacial score (nSPS) is 15.0. The molecule has 128 valence electrons. The van der Waals surface area contributed by atoms with Gasteiger partial charge in [0.25, 0.3) is 5.91 Å². The number of carbonyl (C=O) groups excluding carboxylic acids is 1. The molecular weight excluding hydrogens is 324 g/mol. The number of hydrogen-bond acceptors (Lipinski definition) is 6. The topological polar surface area (TPSA) is 58.6 Å². The first-order chi connectivity index (χ1) is 11.6. The fourth-order valence-corrected chi connectivity index (χ4v) is 3.65. The van der Waals surface area contributed by atoms with Crippen molar-refractivity contribution in [1.82, 2.24) is 14.9 Å². The van der Waals surface area contributed by atoms with E-state index < -0.39 is 0 Å². The van der Waals surface area contributed by atoms with Gasteiger partial charge in [0.1, 0.15) is 12.4 Å². The number of thiophene rings is 1. The molecule has 0 aliphatic carbocycles. The van der Waals surface area contributed by atoms with Gasteiger partial charge in [-0.3, -0.25) is 4.79 Å². The standard InChI is InChI=1S/C17H22N4O2S/c1-12-10-16(19-15(18-12)11-23-3)20-6-8-21(9-7-20)17(22)14-5-4-13(2)24-14/h4-5,10H,6-9,11H2,1-3H3. The second-order valence-electron chi connectivity index (χ2n) is 5.91. The number of piperazine rings is 1. The minimum Gasteiger partial charge on any atom is -0.377 e. The zero-order valence-corrected chi connectivity index (χ0v) is 15.1. The van der Waals surface area contributed by atoms with Gasteiger partial charge in [-0.2, -0.15) is 0 Å². The summed E-state index contributed by atoms with van der Waals surface area (Å²) in [5.74, 6) is 1.74. The van der Waals surface area contributed by atoms with Gasteiger partial charge in [-0.1, -0.05) is 0 Å². The molecule has 24 heavy (non-hydrogen) atoms. The molecule has 6 nitrogen and oxygen atoms in total. The minimum absolute atomic E-state index is 0.131. The fraction of sp³-hybridized carbons (Fsp3) is 0.471. The summed E-state index contributed by atoms with van der Waals surface area (Å²) < 4.78 is 5.13. The zero-order valence-electron chi connectivity index (χ0n) is 14.3. The molecule has 0 N–H and O–H groups in total. The largest absolute Gasteiger partial charge is 0.377 e. The highest BCUT2D eigenvalue weighted by molar-refractivity contribution is 7.13. The summed E-state index contributed by atoms with van der Waals surface area (Å²) in [7, 11) is 1.64. The van der Waals surface area contributed by atoms with Gasteiger partial charge >= 0.3 is 0 Å². The van der Waals surface area contributed by atoms with Crippen LogP contribution in [0.15, 0.2) is 18.2 Å². The van der Waals surface area contributed by atoms with E-state index in [-0.39, 0.29) is 5.91 Å². The predicted octanol–water partition coefficient (Wildman–Crippen LogP) is 2.26. The maximum absolute atomic E-state index is 12.5. The van der Waals surface area contributed by atoms with E-state index in [2.05, 4.69) is 14.9 Å². The van der Waals surface area contributed by atoms with Crippen molar-refractivity contribution < 1.29 is 9.53 Å². The van der Waals surface area contributed by atoms with Crippen LogP contribution >= 0.6 is 11.3 Å². The second-order valence-corrected chi connectivity index (χ2v) is 7.19. The summed E-state index contributed by atoms with van der Waals surface area (Å²) in [6.07, 6.45) is 0. The number of ether oxygens (including phenoxy) is 1. The molecule has 1 fully saturated rings. The van der Waals surface area contributed by atoms with Gasteiger partial charge in [-0.25, -0.2) is 9.97 Å². The molecule has 3 rings (SSSR count). The predicted molar refractivity (Wildman–Crippen MR) is 94.7 cm³/mol. The quantitative estimate of drug-likeness (QED) is 0.850. The molecule has 0 aromatic carbocycles. The highest BCUT2D eigenvalue weighted by Crippen LogP contribution is 2.20. The number of amides is 1. The molecule has 1 amide bonds. The highest BCUT2D eigenvalue weighted by Gasteiger charge is 2.24. The summed E-state index contributed by atoms with van der Waals surface area (Å²) in [6, 6.07) is 5.90. The number of aryl methyl sites for hydroxylation is 2. The lowest BCUT2D eigenvalue weighted by atomic mass is 10.2. The SMILES string of the molecule is COCc1nc(C)cc(N2CCN(C(=O)c3ccc(C)s3)CC2)n1. The van der Waals surface area contributed by atoms with Crippen molar-refractivity contribution in [2.75, 3.05) is 38.2 Å². The Balaban J connectivity index is 1.65. The molecule has 0 atom stereocenters. The Morgan fingerprint density at radius 2 is 1.96 bits per heavy atom. The van der Waals surface area contributed by atoms with Crippen LogP contribution in [0.25, 0.3) is 0 Å². The van der Waals surface area contributed by atoms with Gasteiger partial charge in [0.15, 0.2) is 5.82 Å². The maximum Gasteiger partial charge on any atom is 0.264 e. The molecular formula is C17H22N4O2S. The monoisotopic (exact) mass is 346 g/mol. The Hall–Kier alpha value is -1.99. The second kappa shape index (κ2) is 7.27. The maximum atomic E-state index is 12.5. The van der Waals surface area contributed by atoms with Gasteiger partial charge < -0.3 is 14.5 Å². The lowest BCUT2D eigenvalue weighted by Gasteiger charge is -2.35. The molecule has 2 aromatic rings. The van der Waals surface area contributed by atoms with Crippen molar-refractivity contribution in [2.24, 2.45) is 0 Å². The average Bonchev–Trinajstić information content (AvgIpc) is 3.00. The van der Waals surface area contributed by atoms with Gasteiger partial charge in [0.05, 0.1) is 4.88 Å². The molecule has 1 aliphatic heterocycles. The minimum atomic E-state index is 0.131. The van der Waals surface area contributed by atoms with E-state index in [1.54, 1.807) is 18.4 Å². The summed E-state index contributed by atoms with van der Waals surface area (Å²) in [5, 5.41) is 0. The van der Waals surface area contributed by atoms with E-state index >= 15 is 0 Å². The van der Waals surface area contributed by atoms with E-state index in [1.165, 1.54) is 4.88 Å². The van der Waals surface area contributed by atoms with Gasteiger partial charge in [-0.15, -0.1) is 11.3 Å². The van der Waals surface area contributed by atoms with Crippen LogP contribution in [0.3, 0.4) is 0 Å². The van der Waals surface area contributed by atoms with E-state index in [9.17, 15) is 4.79 Å². The fourth-order valence-electron chi connectivity index (χ4n) is 2.81. The molecule has 3 heterocycles. The van der Waals surface area contributed by atoms with Crippen LogP contribution in [0, 0.1) is 13.8 Å². The lowest BCUT2D eigenvalue weighted by molar-refractivity contribution is 0.0751. The smallest absolute Gasteiger partial charge is 0.264 e. The summed E-state index contributed by atoms with van der Waals surface area (Å²) >= 11 is 1.56. The number of hydrogen-bond donors (Lipinski definition) is 0. The van der Waals surface area contributed by atoms with Crippen LogP contribution in [0.1, 0.15) is 26.1 Å². The van der Waals surface area contributed by atoms with Gasteiger partial charge in [-0.05, 0) is 26.0 Å². The number of aromatic nitrogens is 2. The van der Waals surface area contributed by atoms with Crippen molar-refractivity contribution in [3.63, 3.8) is 0 Å². The number of methoxy groups -OCH3 is 1. The molecule has 0 saturated carbocycles. The molecule has 1 aliphatic rings. The first-order valence-corrected chi connectivity index (χ1v) is 8.82. The number of nitrogens with zero attached hydrogens (tertiary/aromatic N) is 4. The van der Waals surface area contributed by atoms with E-state index in [0.29, 0.717) is 25.5 Å². The Labute approximate surface area is 146 Å². The van der Waals surface area contributed by atoms with Crippen LogP contribution in [0.2, 0.25) is 0 Å². The molecule has 7 heteroatoms. The van der Waals surface area contributed by atoms with Crippen LogP contribution in [-0.4, -0.2) is 54.1 Å². The van der Waals surface area contributed by atoms with Crippen molar-refractivity contribution >= 4 is 23.1 Å². The number of anilines is 1. The lowest BCUT2D eigenvalue weighted by Crippen LogP contribution is -2.49. The van der Waals surface area contributed by atoms with Crippen LogP contribution in [0.4, 0.5) is 5.82 Å². The third-order valence-electron chi connectivity index (χ3n) is 4.00. The summed E-state index contributed by atoms with van der Waals surface area (Å²) in [6.45, 7) is 7.36. The van der Waals surface area contributed by atoms with Gasteiger partial charge in [0.2, 0.25) is 0 Å². The van der Waals surface area contributed by atoms with Crippen molar-refractivity contribution in [1.29, 1.82) is 0 Å². The summed E-state index contributed by atoms with van der Waals surface area (Å²) in [5.41, 5.74) is 0.930. The van der Waals surface area contributed by atoms with E-state index in [0.717, 1.165) is 29.5 Å². The molecule has 0 radical (unpaired) electrons. The van der Waals surface area contributed by atoms with Crippen molar-refractivity contribution in [3.8, 4) is 0 Å². The Morgan fingerprint density at radius 3 is 2.58 bits per heavy atom. The third-order valence-corrected chi connectivity index (χ3v) is 4.99. The van der Waals surface area contributed by atoms with E-state index in [4.69, 9.17) is 4.74 Å². The van der Waals surface area contributed by atoms with Gasteiger partial charge in [0, 0.05) is 49.9 Å². The number of rotatable bonds is 4. The average molecular weight is 346 g/mol. The van der Waals surface area contributed by atoms with Crippen LogP contribution in [0.5, 0.6) is 0 Å². The Kier molecular flexibility index (Phi) is 5.11. The third kappa shape index (κ3) is 3.73. The summed E-state index contributed by atoms with van der Waals surface area (Å²) in [4.78, 5) is 27.6.